The van der Waals surface area contributed by atoms with Crippen molar-refractivity contribution < 1.29 is 0 Å². The normalized spacial score (nSPS) is 13.0. The van der Waals surface area contributed by atoms with E-state index in [4.69, 9.17) is 0 Å². The molecule has 0 aromatic heterocycles. The average molecular weight is 564 g/mol. The summed E-state index contributed by atoms with van der Waals surface area (Å²) in [4.78, 5) is 2.48. The molecule has 1 nitrogen and oxygen atoms in total. The highest BCUT2D eigenvalue weighted by molar-refractivity contribution is 6.07. The fraction of sp³-hybridized carbons (Fsp3) is 0.0698. The molecule has 0 atom stereocenters. The number of fused-ring (bicyclic) bond motifs is 5. The Morgan fingerprint density at radius 2 is 1.07 bits per heavy atom. The van der Waals surface area contributed by atoms with Gasteiger partial charge in [-0.15, -0.1) is 0 Å². The molecule has 0 unspecified atom stereocenters. The largest absolute Gasteiger partial charge is 0.309 e. The van der Waals surface area contributed by atoms with Crippen molar-refractivity contribution in [1.82, 2.24) is 0 Å². The number of para-hydroxylation sites is 2. The lowest BCUT2D eigenvalue weighted by molar-refractivity contribution is 0.666. The fourth-order valence-electron chi connectivity index (χ4n) is 7.17. The zero-order valence-corrected chi connectivity index (χ0v) is 25.0. The topological polar surface area (TPSA) is 3.24 Å². The molecule has 0 spiro atoms. The van der Waals surface area contributed by atoms with Crippen molar-refractivity contribution in [2.75, 3.05) is 4.90 Å². The first-order chi connectivity index (χ1) is 21.6. The Morgan fingerprint density at radius 1 is 0.455 bits per heavy atom. The van der Waals surface area contributed by atoms with Gasteiger partial charge >= 0.3 is 0 Å². The van der Waals surface area contributed by atoms with Crippen LogP contribution in [0.1, 0.15) is 25.0 Å². The van der Waals surface area contributed by atoms with E-state index in [9.17, 15) is 0 Å². The summed E-state index contributed by atoms with van der Waals surface area (Å²) in [5.41, 5.74) is 13.6. The Balaban J connectivity index is 1.46. The molecule has 0 heterocycles. The van der Waals surface area contributed by atoms with Crippen molar-refractivity contribution in [2.24, 2.45) is 0 Å². The number of anilines is 3. The van der Waals surface area contributed by atoms with Gasteiger partial charge in [-0.2, -0.15) is 0 Å². The minimum Gasteiger partial charge on any atom is -0.309 e. The molecule has 210 valence electrons. The number of nitrogens with zero attached hydrogens (tertiary/aromatic N) is 1. The molecular formula is C43H33N. The van der Waals surface area contributed by atoms with E-state index in [0.717, 1.165) is 11.4 Å². The lowest BCUT2D eigenvalue weighted by atomic mass is 9.79. The summed E-state index contributed by atoms with van der Waals surface area (Å²) in [6.07, 6.45) is 0. The van der Waals surface area contributed by atoms with Crippen LogP contribution in [0.5, 0.6) is 0 Å². The molecule has 0 radical (unpaired) electrons. The summed E-state index contributed by atoms with van der Waals surface area (Å²) in [5, 5.41) is 2.57. The van der Waals surface area contributed by atoms with Crippen molar-refractivity contribution in [3.05, 3.63) is 175 Å². The molecule has 0 fully saturated rings. The van der Waals surface area contributed by atoms with Crippen LogP contribution in [0.25, 0.3) is 44.2 Å². The number of hydrogen-bond donors (Lipinski definition) is 0. The molecule has 0 amide bonds. The van der Waals surface area contributed by atoms with E-state index < -0.39 is 0 Å². The molecule has 1 aliphatic rings. The minimum atomic E-state index is -0.188. The van der Waals surface area contributed by atoms with E-state index in [2.05, 4.69) is 183 Å². The summed E-state index contributed by atoms with van der Waals surface area (Å²) in [7, 11) is 0. The van der Waals surface area contributed by atoms with Crippen LogP contribution in [-0.2, 0) is 5.41 Å². The summed E-state index contributed by atoms with van der Waals surface area (Å²) in [5.74, 6) is 0. The standard InChI is InChI=1S/C43H33N/c1-43(2)38-28-32(30-16-6-3-7-17-30)26-27-37(38)41-40(29-33-20-12-13-24-36(33)42(41)43)44(34-21-10-5-11-22-34)39-25-15-14-23-35(39)31-18-8-4-9-19-31/h3-29H,1-2H3. The Hall–Kier alpha value is -5.40. The van der Waals surface area contributed by atoms with Gasteiger partial charge in [-0.25, -0.2) is 0 Å². The first kappa shape index (κ1) is 26.2. The summed E-state index contributed by atoms with van der Waals surface area (Å²) >= 11 is 0. The Kier molecular flexibility index (Phi) is 6.20. The van der Waals surface area contributed by atoms with Gasteiger partial charge in [0.25, 0.3) is 0 Å². The van der Waals surface area contributed by atoms with E-state index in [1.165, 1.54) is 61.0 Å². The quantitative estimate of drug-likeness (QED) is 0.201. The molecule has 8 rings (SSSR count). The van der Waals surface area contributed by atoms with Gasteiger partial charge in [0.15, 0.2) is 0 Å². The predicted molar refractivity (Wildman–Crippen MR) is 187 cm³/mol. The van der Waals surface area contributed by atoms with Crippen LogP contribution >= 0.6 is 0 Å². The molecule has 0 N–H and O–H groups in total. The third kappa shape index (κ3) is 4.16. The lowest BCUT2D eigenvalue weighted by Crippen LogP contribution is -2.17. The Bertz CT molecular complexity index is 2130. The van der Waals surface area contributed by atoms with E-state index >= 15 is 0 Å². The van der Waals surface area contributed by atoms with Crippen LogP contribution in [0.2, 0.25) is 0 Å². The van der Waals surface area contributed by atoms with Crippen molar-refractivity contribution in [3.63, 3.8) is 0 Å². The number of hydrogen-bond acceptors (Lipinski definition) is 1. The maximum Gasteiger partial charge on any atom is 0.0549 e. The second kappa shape index (κ2) is 10.4. The van der Waals surface area contributed by atoms with Crippen molar-refractivity contribution in [2.45, 2.75) is 19.3 Å². The van der Waals surface area contributed by atoms with E-state index in [1.807, 2.05) is 0 Å². The smallest absolute Gasteiger partial charge is 0.0549 e. The van der Waals surface area contributed by atoms with Gasteiger partial charge in [-0.1, -0.05) is 147 Å². The molecular weight excluding hydrogens is 530 g/mol. The Labute approximate surface area is 259 Å². The average Bonchev–Trinajstić information content (AvgIpc) is 3.33. The highest BCUT2D eigenvalue weighted by atomic mass is 15.1. The second-order valence-electron chi connectivity index (χ2n) is 12.2. The van der Waals surface area contributed by atoms with Gasteiger partial charge in [0.05, 0.1) is 11.4 Å². The third-order valence-corrected chi connectivity index (χ3v) is 9.21. The zero-order valence-electron chi connectivity index (χ0n) is 25.0. The van der Waals surface area contributed by atoms with Gasteiger partial charge in [0.2, 0.25) is 0 Å². The maximum absolute atomic E-state index is 2.48. The van der Waals surface area contributed by atoms with Gasteiger partial charge < -0.3 is 4.90 Å². The summed E-state index contributed by atoms with van der Waals surface area (Å²) in [6, 6.07) is 59.5. The molecule has 0 aliphatic heterocycles. The lowest BCUT2D eigenvalue weighted by Gasteiger charge is -2.31. The van der Waals surface area contributed by atoms with Crippen LogP contribution in [0.15, 0.2) is 164 Å². The molecule has 44 heavy (non-hydrogen) atoms. The number of rotatable bonds is 5. The van der Waals surface area contributed by atoms with Crippen LogP contribution in [-0.4, -0.2) is 0 Å². The van der Waals surface area contributed by atoms with Crippen molar-refractivity contribution >= 4 is 27.8 Å². The van der Waals surface area contributed by atoms with Crippen LogP contribution in [0.3, 0.4) is 0 Å². The van der Waals surface area contributed by atoms with Crippen LogP contribution in [0, 0.1) is 0 Å². The fourth-order valence-corrected chi connectivity index (χ4v) is 7.17. The molecule has 0 bridgehead atoms. The first-order valence-electron chi connectivity index (χ1n) is 15.4. The SMILES string of the molecule is CC1(C)c2cc(-c3ccccc3)ccc2-c2c(N(c3ccccc3)c3ccccc3-c3ccccc3)cc3ccccc3c21. The monoisotopic (exact) mass is 563 g/mol. The second-order valence-corrected chi connectivity index (χ2v) is 12.2. The zero-order chi connectivity index (χ0) is 29.7. The molecule has 1 aliphatic carbocycles. The molecule has 1 heteroatoms. The van der Waals surface area contributed by atoms with E-state index in [1.54, 1.807) is 0 Å². The maximum atomic E-state index is 2.48. The predicted octanol–water partition coefficient (Wildman–Crippen LogP) is 11.9. The highest BCUT2D eigenvalue weighted by Crippen LogP contribution is 2.57. The number of benzene rings is 7. The Morgan fingerprint density at radius 3 is 1.82 bits per heavy atom. The van der Waals surface area contributed by atoms with Crippen LogP contribution in [0.4, 0.5) is 17.1 Å². The van der Waals surface area contributed by atoms with Gasteiger partial charge in [-0.3, -0.25) is 0 Å². The molecule has 0 saturated carbocycles. The van der Waals surface area contributed by atoms with E-state index in [0.29, 0.717) is 0 Å². The summed E-state index contributed by atoms with van der Waals surface area (Å²) in [6.45, 7) is 4.79. The van der Waals surface area contributed by atoms with E-state index in [-0.39, 0.29) is 5.41 Å². The molecule has 7 aromatic carbocycles. The van der Waals surface area contributed by atoms with Crippen molar-refractivity contribution in [1.29, 1.82) is 0 Å². The van der Waals surface area contributed by atoms with Crippen LogP contribution < -0.4 is 4.90 Å². The van der Waals surface area contributed by atoms with Crippen molar-refractivity contribution in [3.8, 4) is 33.4 Å². The first-order valence-corrected chi connectivity index (χ1v) is 15.4. The summed E-state index contributed by atoms with van der Waals surface area (Å²) < 4.78 is 0. The molecule has 0 saturated heterocycles. The van der Waals surface area contributed by atoms with Gasteiger partial charge in [-0.05, 0) is 74.5 Å². The highest BCUT2D eigenvalue weighted by Gasteiger charge is 2.40. The third-order valence-electron chi connectivity index (χ3n) is 9.21. The minimum absolute atomic E-state index is 0.188. The molecule has 7 aromatic rings. The van der Waals surface area contributed by atoms with Gasteiger partial charge in [0.1, 0.15) is 0 Å². The van der Waals surface area contributed by atoms with Gasteiger partial charge in [0, 0.05) is 22.2 Å².